The van der Waals surface area contributed by atoms with Crippen LogP contribution in [0.3, 0.4) is 0 Å². The van der Waals surface area contributed by atoms with Gasteiger partial charge in [0.2, 0.25) is 5.91 Å². The Balaban J connectivity index is 1.49. The van der Waals surface area contributed by atoms with Gasteiger partial charge in [-0.1, -0.05) is 24.2 Å². The Bertz CT molecular complexity index is 802. The minimum Gasteiger partial charge on any atom is -0.508 e. The van der Waals surface area contributed by atoms with E-state index in [9.17, 15) is 9.90 Å². The lowest BCUT2D eigenvalue weighted by Gasteiger charge is -2.36. The van der Waals surface area contributed by atoms with Gasteiger partial charge in [-0.25, -0.2) is 0 Å². The molecule has 8 heteroatoms. The molecule has 2 fully saturated rings. The number of aromatic nitrogens is 4. The number of aryl methyl sites for hydroxylation is 1. The predicted octanol–water partition coefficient (Wildman–Crippen LogP) is 1.28. The Labute approximate surface area is 152 Å². The molecule has 2 aromatic rings. The first-order valence-electron chi connectivity index (χ1n) is 9.07. The zero-order valence-corrected chi connectivity index (χ0v) is 15.1. The maximum absolute atomic E-state index is 13.0. The number of H-pyrrole nitrogens is 1. The van der Waals surface area contributed by atoms with E-state index in [2.05, 4.69) is 32.9 Å². The molecule has 2 aliphatic rings. The maximum Gasteiger partial charge on any atom is 0.265 e. The number of rotatable bonds is 4. The van der Waals surface area contributed by atoms with E-state index < -0.39 is 5.41 Å². The molecule has 0 spiro atoms. The molecule has 26 heavy (non-hydrogen) atoms. The van der Waals surface area contributed by atoms with Crippen LogP contribution < -0.4 is 10.2 Å². The zero-order chi connectivity index (χ0) is 18.3. The molecule has 0 unspecified atom stereocenters. The van der Waals surface area contributed by atoms with Crippen LogP contribution in [-0.4, -0.2) is 50.8 Å². The molecule has 2 atom stereocenters. The van der Waals surface area contributed by atoms with Crippen LogP contribution in [0.15, 0.2) is 18.2 Å². The summed E-state index contributed by atoms with van der Waals surface area (Å²) in [4.78, 5) is 15.1. The number of tetrazole rings is 1. The molecule has 2 heterocycles. The average Bonchev–Trinajstić information content (AvgIpc) is 3.20. The Kier molecular flexibility index (Phi) is 4.05. The van der Waals surface area contributed by atoms with Crippen molar-refractivity contribution < 1.29 is 9.90 Å². The number of anilines is 1. The summed E-state index contributed by atoms with van der Waals surface area (Å²) < 4.78 is 0. The fourth-order valence-corrected chi connectivity index (χ4v) is 4.02. The van der Waals surface area contributed by atoms with E-state index in [1.165, 1.54) is 0 Å². The van der Waals surface area contributed by atoms with Crippen molar-refractivity contribution in [3.63, 3.8) is 0 Å². The van der Waals surface area contributed by atoms with Gasteiger partial charge >= 0.3 is 0 Å². The molecule has 4 rings (SSSR count). The standard InChI is InChI=1S/C18H24N6O2/c1-11-3-4-14(15(25)8-11)18(5-6-18)16(26)19-13-7-12(2)9-24(10-13)17-20-22-23-21-17/h3-4,8,12-13,25H,5-7,9-10H2,1-2H3,(H,19,26)(H,20,21,22,23)/t12-,13+/m0/s1. The molecule has 0 radical (unpaired) electrons. The number of hydrogen-bond acceptors (Lipinski definition) is 6. The fourth-order valence-electron chi connectivity index (χ4n) is 4.02. The number of nitrogens with zero attached hydrogens (tertiary/aromatic N) is 4. The topological polar surface area (TPSA) is 107 Å². The second kappa shape index (κ2) is 6.26. The van der Waals surface area contributed by atoms with E-state index in [1.54, 1.807) is 6.07 Å². The highest BCUT2D eigenvalue weighted by atomic mass is 16.3. The van der Waals surface area contributed by atoms with Gasteiger partial charge in [-0.05, 0) is 48.9 Å². The number of nitrogens with one attached hydrogen (secondary N) is 2. The molecular formula is C18H24N6O2. The third-order valence-corrected chi connectivity index (χ3v) is 5.47. The zero-order valence-electron chi connectivity index (χ0n) is 15.1. The molecule has 8 nitrogen and oxygen atoms in total. The van der Waals surface area contributed by atoms with E-state index in [0.717, 1.165) is 36.9 Å². The number of phenolic OH excluding ortho intramolecular Hbond substituents is 1. The van der Waals surface area contributed by atoms with Gasteiger partial charge < -0.3 is 15.3 Å². The Hall–Kier alpha value is -2.64. The molecule has 1 aromatic heterocycles. The predicted molar refractivity (Wildman–Crippen MR) is 95.9 cm³/mol. The number of phenols is 1. The molecule has 1 amide bonds. The molecule has 0 bridgehead atoms. The lowest BCUT2D eigenvalue weighted by atomic mass is 9.91. The molecule has 1 aliphatic carbocycles. The first kappa shape index (κ1) is 16.8. The number of hydrogen-bond donors (Lipinski definition) is 3. The van der Waals surface area contributed by atoms with Crippen molar-refractivity contribution in [2.75, 3.05) is 18.0 Å². The quantitative estimate of drug-likeness (QED) is 0.762. The number of amides is 1. The molecule has 1 saturated carbocycles. The van der Waals surface area contributed by atoms with E-state index in [-0.39, 0.29) is 17.7 Å². The third kappa shape index (κ3) is 3.00. The summed E-state index contributed by atoms with van der Waals surface area (Å²) in [7, 11) is 0. The number of carbonyl (C=O) groups excluding carboxylic acids is 1. The van der Waals surface area contributed by atoms with Crippen LogP contribution in [0, 0.1) is 12.8 Å². The maximum atomic E-state index is 13.0. The molecular weight excluding hydrogens is 332 g/mol. The fraction of sp³-hybridized carbons (Fsp3) is 0.556. The van der Waals surface area contributed by atoms with Gasteiger partial charge in [0.15, 0.2) is 0 Å². The highest BCUT2D eigenvalue weighted by Crippen LogP contribution is 2.51. The van der Waals surface area contributed by atoms with Crippen molar-refractivity contribution in [1.29, 1.82) is 0 Å². The number of carbonyl (C=O) groups is 1. The summed E-state index contributed by atoms with van der Waals surface area (Å²) in [6.45, 7) is 5.59. The first-order valence-corrected chi connectivity index (χ1v) is 9.07. The van der Waals surface area contributed by atoms with Gasteiger partial charge in [-0.3, -0.25) is 4.79 Å². The van der Waals surface area contributed by atoms with Gasteiger partial charge in [0, 0.05) is 24.7 Å². The smallest absolute Gasteiger partial charge is 0.265 e. The van der Waals surface area contributed by atoms with Crippen molar-refractivity contribution in [3.05, 3.63) is 29.3 Å². The van der Waals surface area contributed by atoms with E-state index in [0.29, 0.717) is 18.4 Å². The summed E-state index contributed by atoms with van der Waals surface area (Å²) in [5, 5.41) is 27.7. The molecule has 1 aromatic carbocycles. The van der Waals surface area contributed by atoms with Gasteiger partial charge in [0.25, 0.3) is 5.95 Å². The second-order valence-corrected chi connectivity index (χ2v) is 7.73. The van der Waals surface area contributed by atoms with Crippen LogP contribution in [0.5, 0.6) is 5.75 Å². The third-order valence-electron chi connectivity index (χ3n) is 5.47. The number of benzene rings is 1. The van der Waals surface area contributed by atoms with Crippen molar-refractivity contribution in [2.24, 2.45) is 5.92 Å². The molecule has 1 saturated heterocycles. The molecule has 3 N–H and O–H groups in total. The van der Waals surface area contributed by atoms with E-state index >= 15 is 0 Å². The highest BCUT2D eigenvalue weighted by molar-refractivity contribution is 5.92. The van der Waals surface area contributed by atoms with E-state index in [4.69, 9.17) is 0 Å². The van der Waals surface area contributed by atoms with Crippen molar-refractivity contribution in [1.82, 2.24) is 25.9 Å². The van der Waals surface area contributed by atoms with Gasteiger partial charge in [-0.15, -0.1) is 5.10 Å². The van der Waals surface area contributed by atoms with Crippen molar-refractivity contribution in [3.8, 4) is 5.75 Å². The molecule has 138 valence electrons. The minimum absolute atomic E-state index is 0.00353. The first-order chi connectivity index (χ1) is 12.5. The Morgan fingerprint density at radius 3 is 2.85 bits per heavy atom. The average molecular weight is 356 g/mol. The largest absolute Gasteiger partial charge is 0.508 e. The molecule has 1 aliphatic heterocycles. The van der Waals surface area contributed by atoms with Crippen molar-refractivity contribution in [2.45, 2.75) is 44.6 Å². The monoisotopic (exact) mass is 356 g/mol. The Morgan fingerprint density at radius 1 is 1.38 bits per heavy atom. The van der Waals surface area contributed by atoms with E-state index in [1.807, 2.05) is 24.0 Å². The van der Waals surface area contributed by atoms with Crippen LogP contribution in [0.4, 0.5) is 5.95 Å². The normalized spacial score (nSPS) is 24.3. The summed E-state index contributed by atoms with van der Waals surface area (Å²) >= 11 is 0. The summed E-state index contributed by atoms with van der Waals surface area (Å²) in [5.41, 5.74) is 1.13. The number of aromatic amines is 1. The van der Waals surface area contributed by atoms with Crippen LogP contribution in [-0.2, 0) is 10.2 Å². The van der Waals surface area contributed by atoms with Gasteiger partial charge in [-0.2, -0.15) is 5.21 Å². The highest BCUT2D eigenvalue weighted by Gasteiger charge is 2.53. The number of piperidine rings is 1. The van der Waals surface area contributed by atoms with Crippen LogP contribution in [0.25, 0.3) is 0 Å². The Morgan fingerprint density at radius 2 is 2.19 bits per heavy atom. The van der Waals surface area contributed by atoms with Crippen LogP contribution in [0.2, 0.25) is 0 Å². The number of aromatic hydroxyl groups is 1. The van der Waals surface area contributed by atoms with Crippen LogP contribution >= 0.6 is 0 Å². The summed E-state index contributed by atoms with van der Waals surface area (Å²) in [6, 6.07) is 5.58. The summed E-state index contributed by atoms with van der Waals surface area (Å²) in [6.07, 6.45) is 2.45. The van der Waals surface area contributed by atoms with Crippen molar-refractivity contribution >= 4 is 11.9 Å². The lowest BCUT2D eigenvalue weighted by molar-refractivity contribution is -0.124. The van der Waals surface area contributed by atoms with Gasteiger partial charge in [0.1, 0.15) is 5.75 Å². The lowest BCUT2D eigenvalue weighted by Crippen LogP contribution is -2.52. The summed E-state index contributed by atoms with van der Waals surface area (Å²) in [5.74, 6) is 1.19. The second-order valence-electron chi connectivity index (χ2n) is 7.73. The van der Waals surface area contributed by atoms with Crippen LogP contribution in [0.1, 0.15) is 37.3 Å². The van der Waals surface area contributed by atoms with Gasteiger partial charge in [0.05, 0.1) is 5.41 Å². The minimum atomic E-state index is -0.588. The SMILES string of the molecule is Cc1ccc(C2(C(=O)N[C@@H]3C[C@H](C)CN(c4nn[nH]n4)C3)CC2)c(O)c1.